The number of hydrogen-bond acceptors (Lipinski definition) is 6. The molecule has 1 saturated heterocycles. The van der Waals surface area contributed by atoms with Crippen LogP contribution in [-0.2, 0) is 0 Å². The first kappa shape index (κ1) is 22.4. The minimum absolute atomic E-state index is 0.160. The van der Waals surface area contributed by atoms with Crippen molar-refractivity contribution >= 4 is 27.6 Å². The fourth-order valence-corrected chi connectivity index (χ4v) is 4.75. The van der Waals surface area contributed by atoms with Gasteiger partial charge in [0, 0.05) is 54.3 Å². The van der Waals surface area contributed by atoms with E-state index in [9.17, 15) is 4.79 Å². The zero-order valence-electron chi connectivity index (χ0n) is 20.2. The Labute approximate surface area is 209 Å². The Balaban J connectivity index is 1.43. The standard InChI is InChI=1S/C29H28N6O/c1-34-12-14-35(15-13-34)19-31-26-18-23-17-24(21-9-10-25-22(16-21)8-5-11-30-25)27(20-6-3-2-4-7-20)32-28(23)33-29(26)36/h2-11,16-18,31H,12-15,19H2,1H3,(H,32,33,36). The number of pyridine rings is 3. The molecule has 36 heavy (non-hydrogen) atoms. The molecule has 0 bridgehead atoms. The summed E-state index contributed by atoms with van der Waals surface area (Å²) >= 11 is 0. The first-order valence-electron chi connectivity index (χ1n) is 12.3. The average Bonchev–Trinajstić information content (AvgIpc) is 2.92. The van der Waals surface area contributed by atoms with Crippen LogP contribution in [0.4, 0.5) is 5.69 Å². The predicted octanol–water partition coefficient (Wildman–Crippen LogP) is 4.42. The molecule has 3 aromatic heterocycles. The molecular weight excluding hydrogens is 448 g/mol. The molecule has 0 radical (unpaired) electrons. The third-order valence-electron chi connectivity index (χ3n) is 6.88. The van der Waals surface area contributed by atoms with Crippen LogP contribution in [0, 0.1) is 0 Å². The van der Waals surface area contributed by atoms with E-state index in [2.05, 4.69) is 56.4 Å². The highest BCUT2D eigenvalue weighted by Gasteiger charge is 2.16. The van der Waals surface area contributed by atoms with Crippen molar-refractivity contribution in [3.63, 3.8) is 0 Å². The molecule has 180 valence electrons. The Morgan fingerprint density at radius 3 is 2.56 bits per heavy atom. The summed E-state index contributed by atoms with van der Waals surface area (Å²) in [5.74, 6) is 0. The van der Waals surface area contributed by atoms with Crippen molar-refractivity contribution < 1.29 is 0 Å². The van der Waals surface area contributed by atoms with Crippen molar-refractivity contribution in [1.82, 2.24) is 24.8 Å². The van der Waals surface area contributed by atoms with E-state index >= 15 is 0 Å². The summed E-state index contributed by atoms with van der Waals surface area (Å²) in [6.07, 6.45) is 1.81. The highest BCUT2D eigenvalue weighted by Crippen LogP contribution is 2.34. The highest BCUT2D eigenvalue weighted by molar-refractivity contribution is 5.94. The molecule has 0 atom stereocenters. The lowest BCUT2D eigenvalue weighted by atomic mass is 9.97. The third kappa shape index (κ3) is 4.46. The predicted molar refractivity (Wildman–Crippen MR) is 146 cm³/mol. The molecule has 2 N–H and O–H groups in total. The van der Waals surface area contributed by atoms with Crippen molar-refractivity contribution in [3.05, 3.63) is 89.3 Å². The lowest BCUT2D eigenvalue weighted by Crippen LogP contribution is -2.46. The molecule has 0 saturated carbocycles. The Kier molecular flexibility index (Phi) is 5.93. The van der Waals surface area contributed by atoms with Crippen LogP contribution in [0.15, 0.2) is 83.8 Å². The molecule has 2 aromatic carbocycles. The molecule has 0 unspecified atom stereocenters. The molecule has 6 rings (SSSR count). The SMILES string of the molecule is CN1CCN(CNc2cc3cc(-c4ccc5ncccc5c4)c(-c4ccccc4)nc3[nH]c2=O)CC1. The number of aromatic nitrogens is 3. The summed E-state index contributed by atoms with van der Waals surface area (Å²) in [7, 11) is 2.14. The lowest BCUT2D eigenvalue weighted by Gasteiger charge is -2.32. The molecule has 1 aliphatic rings. The van der Waals surface area contributed by atoms with Gasteiger partial charge in [-0.1, -0.05) is 42.5 Å². The van der Waals surface area contributed by atoms with Crippen LogP contribution in [0.2, 0.25) is 0 Å². The minimum atomic E-state index is -0.160. The number of nitrogens with one attached hydrogen (secondary N) is 2. The second-order valence-corrected chi connectivity index (χ2v) is 9.37. The summed E-state index contributed by atoms with van der Waals surface area (Å²) in [6, 6.07) is 24.4. The number of hydrogen-bond donors (Lipinski definition) is 2. The van der Waals surface area contributed by atoms with Crippen molar-refractivity contribution in [1.29, 1.82) is 0 Å². The van der Waals surface area contributed by atoms with Gasteiger partial charge in [-0.2, -0.15) is 0 Å². The van der Waals surface area contributed by atoms with Crippen LogP contribution in [0.1, 0.15) is 0 Å². The van der Waals surface area contributed by atoms with Crippen LogP contribution >= 0.6 is 0 Å². The van der Waals surface area contributed by atoms with Crippen molar-refractivity contribution in [2.24, 2.45) is 0 Å². The zero-order valence-corrected chi connectivity index (χ0v) is 20.2. The van der Waals surface area contributed by atoms with Crippen molar-refractivity contribution in [2.45, 2.75) is 0 Å². The van der Waals surface area contributed by atoms with Gasteiger partial charge in [0.2, 0.25) is 0 Å². The lowest BCUT2D eigenvalue weighted by molar-refractivity contribution is 0.162. The molecule has 7 nitrogen and oxygen atoms in total. The number of nitrogens with zero attached hydrogens (tertiary/aromatic N) is 4. The molecule has 7 heteroatoms. The van der Waals surface area contributed by atoms with Crippen LogP contribution in [-0.4, -0.2) is 64.6 Å². The maximum atomic E-state index is 12.9. The normalized spacial score (nSPS) is 14.9. The molecule has 4 heterocycles. The van der Waals surface area contributed by atoms with Crippen LogP contribution in [0.3, 0.4) is 0 Å². The van der Waals surface area contributed by atoms with E-state index in [1.165, 1.54) is 0 Å². The number of aromatic amines is 1. The van der Waals surface area contributed by atoms with Crippen molar-refractivity contribution in [3.8, 4) is 22.4 Å². The molecule has 1 fully saturated rings. The molecular formula is C29H28N6O. The van der Waals surface area contributed by atoms with Crippen molar-refractivity contribution in [2.75, 3.05) is 45.2 Å². The van der Waals surface area contributed by atoms with Gasteiger partial charge in [-0.05, 0) is 42.9 Å². The van der Waals surface area contributed by atoms with Gasteiger partial charge in [0.05, 0.1) is 17.9 Å². The quantitative estimate of drug-likeness (QED) is 0.391. The molecule has 0 amide bonds. The number of piperazine rings is 1. The van der Waals surface area contributed by atoms with E-state index in [1.54, 1.807) is 0 Å². The molecule has 1 aliphatic heterocycles. The third-order valence-corrected chi connectivity index (χ3v) is 6.88. The van der Waals surface area contributed by atoms with Crippen LogP contribution in [0.25, 0.3) is 44.3 Å². The fourth-order valence-electron chi connectivity index (χ4n) is 4.75. The Morgan fingerprint density at radius 2 is 1.72 bits per heavy atom. The van der Waals surface area contributed by atoms with E-state index in [-0.39, 0.29) is 5.56 Å². The maximum absolute atomic E-state index is 12.9. The van der Waals surface area contributed by atoms with Gasteiger partial charge >= 0.3 is 0 Å². The average molecular weight is 477 g/mol. The fraction of sp³-hybridized carbons (Fsp3) is 0.207. The van der Waals surface area contributed by atoms with E-state index in [4.69, 9.17) is 4.98 Å². The van der Waals surface area contributed by atoms with Gasteiger partial charge in [0.1, 0.15) is 11.3 Å². The van der Waals surface area contributed by atoms with Crippen LogP contribution < -0.4 is 10.9 Å². The number of benzene rings is 2. The monoisotopic (exact) mass is 476 g/mol. The number of fused-ring (bicyclic) bond motifs is 2. The number of likely N-dealkylation sites (N-methyl/N-ethyl adjacent to an activating group) is 1. The summed E-state index contributed by atoms with van der Waals surface area (Å²) in [4.78, 5) is 30.0. The Morgan fingerprint density at radius 1 is 0.889 bits per heavy atom. The van der Waals surface area contributed by atoms with E-state index in [1.807, 2.05) is 54.7 Å². The zero-order chi connectivity index (χ0) is 24.5. The molecule has 0 spiro atoms. The number of H-pyrrole nitrogens is 1. The summed E-state index contributed by atoms with van der Waals surface area (Å²) in [5, 5.41) is 5.31. The second-order valence-electron chi connectivity index (χ2n) is 9.37. The Bertz CT molecular complexity index is 1590. The van der Waals surface area contributed by atoms with E-state index < -0.39 is 0 Å². The number of anilines is 1. The smallest absolute Gasteiger partial charge is 0.272 e. The van der Waals surface area contributed by atoms with E-state index in [0.29, 0.717) is 18.0 Å². The minimum Gasteiger partial charge on any atom is -0.368 e. The van der Waals surface area contributed by atoms with Gasteiger partial charge in [-0.3, -0.25) is 14.7 Å². The van der Waals surface area contributed by atoms with Gasteiger partial charge in [0.25, 0.3) is 5.56 Å². The van der Waals surface area contributed by atoms with Gasteiger partial charge in [0.15, 0.2) is 0 Å². The molecule has 5 aromatic rings. The molecule has 0 aliphatic carbocycles. The first-order valence-corrected chi connectivity index (χ1v) is 12.3. The highest BCUT2D eigenvalue weighted by atomic mass is 16.1. The number of rotatable bonds is 5. The maximum Gasteiger partial charge on any atom is 0.272 e. The summed E-state index contributed by atoms with van der Waals surface area (Å²) in [5.41, 5.74) is 5.83. The largest absolute Gasteiger partial charge is 0.368 e. The van der Waals surface area contributed by atoms with Gasteiger partial charge in [-0.15, -0.1) is 0 Å². The van der Waals surface area contributed by atoms with Gasteiger partial charge in [-0.25, -0.2) is 4.98 Å². The second kappa shape index (κ2) is 9.53. The van der Waals surface area contributed by atoms with E-state index in [0.717, 1.165) is 64.9 Å². The van der Waals surface area contributed by atoms with Crippen LogP contribution in [0.5, 0.6) is 0 Å². The first-order chi connectivity index (χ1) is 17.6. The summed E-state index contributed by atoms with van der Waals surface area (Å²) in [6.45, 7) is 4.68. The Hall–Kier alpha value is -4.07. The van der Waals surface area contributed by atoms with Gasteiger partial charge < -0.3 is 15.2 Å². The topological polar surface area (TPSA) is 77.2 Å². The summed E-state index contributed by atoms with van der Waals surface area (Å²) < 4.78 is 0.